The predicted molar refractivity (Wildman–Crippen MR) is 80.3 cm³/mol. The lowest BCUT2D eigenvalue weighted by Crippen LogP contribution is -2.06. The third kappa shape index (κ3) is 4.59. The number of aromatic nitrogens is 2. The maximum Gasteiger partial charge on any atom is 0.0665 e. The summed E-state index contributed by atoms with van der Waals surface area (Å²) in [4.78, 5) is 0. The van der Waals surface area contributed by atoms with Crippen LogP contribution in [0.5, 0.6) is 0 Å². The fourth-order valence-corrected chi connectivity index (χ4v) is 3.23. The number of nitrogens with zero attached hydrogens (tertiary/aromatic N) is 2. The molecule has 0 radical (unpaired) electrons. The Morgan fingerprint density at radius 2 is 1.89 bits per heavy atom. The van der Waals surface area contributed by atoms with E-state index in [0.29, 0.717) is 0 Å². The van der Waals surface area contributed by atoms with Crippen LogP contribution in [0, 0.1) is 0 Å². The van der Waals surface area contributed by atoms with Crippen LogP contribution in [0.25, 0.3) is 0 Å². The summed E-state index contributed by atoms with van der Waals surface area (Å²) < 4.78 is 0. The Morgan fingerprint density at radius 1 is 1.11 bits per heavy atom. The molecule has 0 bridgehead atoms. The van der Waals surface area contributed by atoms with Crippen LogP contribution < -0.4 is 0 Å². The largest absolute Gasteiger partial charge is 0.159 e. The van der Waals surface area contributed by atoms with Crippen molar-refractivity contribution < 1.29 is 0 Å². The number of hydrogen-bond acceptors (Lipinski definition) is 2. The van der Waals surface area contributed by atoms with Gasteiger partial charge in [-0.2, -0.15) is 10.2 Å². The van der Waals surface area contributed by atoms with Crippen molar-refractivity contribution in [1.82, 2.24) is 10.2 Å². The van der Waals surface area contributed by atoms with E-state index in [1.54, 1.807) is 0 Å². The molecule has 1 atom stereocenters. The second-order valence-corrected chi connectivity index (χ2v) is 5.93. The molecule has 0 saturated heterocycles. The Balaban J connectivity index is 2.14. The summed E-state index contributed by atoms with van der Waals surface area (Å²) >= 11 is 0. The van der Waals surface area contributed by atoms with Gasteiger partial charge in [0.1, 0.15) is 0 Å². The molecule has 2 nitrogen and oxygen atoms in total. The van der Waals surface area contributed by atoms with Gasteiger partial charge < -0.3 is 0 Å². The van der Waals surface area contributed by atoms with Gasteiger partial charge in [0.15, 0.2) is 0 Å². The van der Waals surface area contributed by atoms with E-state index in [-0.39, 0.29) is 0 Å². The van der Waals surface area contributed by atoms with E-state index < -0.39 is 0 Å². The summed E-state index contributed by atoms with van der Waals surface area (Å²) in [5, 5.41) is 8.54. The number of unbranched alkanes of at least 4 members (excludes halogenated alkanes) is 1. The third-order valence-corrected chi connectivity index (χ3v) is 4.39. The van der Waals surface area contributed by atoms with Crippen molar-refractivity contribution in [3.8, 4) is 0 Å². The van der Waals surface area contributed by atoms with Gasteiger partial charge in [0, 0.05) is 6.20 Å². The van der Waals surface area contributed by atoms with Crippen LogP contribution in [0.3, 0.4) is 0 Å². The highest BCUT2D eigenvalue weighted by Crippen LogP contribution is 2.31. The Morgan fingerprint density at radius 3 is 2.74 bits per heavy atom. The average Bonchev–Trinajstić information content (AvgIpc) is 2.49. The molecule has 1 aromatic heterocycles. The first-order valence-corrected chi connectivity index (χ1v) is 8.22. The first-order chi connectivity index (χ1) is 9.42. The minimum absolute atomic E-state index is 0.726. The number of fused-ring (bicyclic) bond motifs is 1. The number of hydrogen-bond donors (Lipinski definition) is 0. The summed E-state index contributed by atoms with van der Waals surface area (Å²) in [6, 6.07) is 2.24. The summed E-state index contributed by atoms with van der Waals surface area (Å²) in [6.45, 7) is 2.29. The van der Waals surface area contributed by atoms with Gasteiger partial charge in [-0.05, 0) is 43.2 Å². The predicted octanol–water partition coefficient (Wildman–Crippen LogP) is 5.04. The highest BCUT2D eigenvalue weighted by Gasteiger charge is 2.16. The molecule has 1 aliphatic carbocycles. The molecule has 0 spiro atoms. The fourth-order valence-electron chi connectivity index (χ4n) is 3.23. The van der Waals surface area contributed by atoms with E-state index in [0.717, 1.165) is 12.3 Å². The normalized spacial score (nSPS) is 21.4. The molecule has 1 aromatic rings. The molecule has 0 N–H and O–H groups in total. The maximum absolute atomic E-state index is 4.43. The molecule has 0 saturated carbocycles. The Kier molecular flexibility index (Phi) is 6.32. The van der Waals surface area contributed by atoms with Crippen LogP contribution in [0.2, 0.25) is 0 Å². The number of rotatable bonds is 3. The Labute approximate surface area is 118 Å². The van der Waals surface area contributed by atoms with Gasteiger partial charge in [-0.1, -0.05) is 51.9 Å². The zero-order valence-electron chi connectivity index (χ0n) is 12.4. The van der Waals surface area contributed by atoms with Gasteiger partial charge in [-0.3, -0.25) is 0 Å². The van der Waals surface area contributed by atoms with Gasteiger partial charge in [0.25, 0.3) is 0 Å². The minimum Gasteiger partial charge on any atom is -0.159 e. The summed E-state index contributed by atoms with van der Waals surface area (Å²) in [6.07, 6.45) is 16.6. The zero-order valence-corrected chi connectivity index (χ0v) is 12.4. The quantitative estimate of drug-likeness (QED) is 0.761. The van der Waals surface area contributed by atoms with Crippen LogP contribution in [-0.4, -0.2) is 10.2 Å². The second-order valence-electron chi connectivity index (χ2n) is 5.93. The molecule has 1 aliphatic rings. The molecule has 1 unspecified atom stereocenters. The molecule has 0 aromatic carbocycles. The topological polar surface area (TPSA) is 25.8 Å². The lowest BCUT2D eigenvalue weighted by Gasteiger charge is -2.19. The minimum atomic E-state index is 0.726. The van der Waals surface area contributed by atoms with Crippen molar-refractivity contribution in [2.45, 2.75) is 83.5 Å². The van der Waals surface area contributed by atoms with Gasteiger partial charge in [-0.25, -0.2) is 0 Å². The van der Waals surface area contributed by atoms with E-state index in [1.165, 1.54) is 75.5 Å². The van der Waals surface area contributed by atoms with Crippen molar-refractivity contribution in [1.29, 1.82) is 0 Å². The lowest BCUT2D eigenvalue weighted by molar-refractivity contribution is 0.503. The van der Waals surface area contributed by atoms with Crippen molar-refractivity contribution in [3.05, 3.63) is 23.5 Å². The molecular weight excluding hydrogens is 232 g/mol. The smallest absolute Gasteiger partial charge is 0.0665 e. The molecular formula is C17H28N2. The van der Waals surface area contributed by atoms with Crippen LogP contribution in [0.15, 0.2) is 12.3 Å². The SMILES string of the molecule is CCCCC1CCCCCCCCc2nnccc21. The lowest BCUT2D eigenvalue weighted by atomic mass is 9.87. The molecule has 106 valence electrons. The van der Waals surface area contributed by atoms with Crippen molar-refractivity contribution >= 4 is 0 Å². The molecule has 0 amide bonds. The standard InChI is InChI=1S/C17H28N2/c1-2-3-10-15-11-8-6-4-5-7-9-12-17-16(15)13-14-18-19-17/h13-15H,2-12H2,1H3. The van der Waals surface area contributed by atoms with Gasteiger partial charge in [0.2, 0.25) is 0 Å². The molecule has 2 heteroatoms. The highest BCUT2D eigenvalue weighted by molar-refractivity contribution is 5.22. The van der Waals surface area contributed by atoms with E-state index in [9.17, 15) is 0 Å². The zero-order chi connectivity index (χ0) is 13.3. The van der Waals surface area contributed by atoms with Crippen molar-refractivity contribution in [2.24, 2.45) is 0 Å². The first kappa shape index (κ1) is 14.5. The third-order valence-electron chi connectivity index (χ3n) is 4.39. The molecule has 2 rings (SSSR count). The van der Waals surface area contributed by atoms with E-state index >= 15 is 0 Å². The number of aryl methyl sites for hydroxylation is 1. The Hall–Kier alpha value is -0.920. The Bertz CT molecular complexity index is 362. The second kappa shape index (κ2) is 8.29. The van der Waals surface area contributed by atoms with Crippen LogP contribution in [0.1, 0.15) is 88.3 Å². The van der Waals surface area contributed by atoms with Gasteiger partial charge >= 0.3 is 0 Å². The molecule has 0 aliphatic heterocycles. The van der Waals surface area contributed by atoms with Gasteiger partial charge in [0.05, 0.1) is 5.69 Å². The fraction of sp³-hybridized carbons (Fsp3) is 0.765. The monoisotopic (exact) mass is 260 g/mol. The highest BCUT2D eigenvalue weighted by atomic mass is 15.1. The van der Waals surface area contributed by atoms with Crippen LogP contribution in [-0.2, 0) is 6.42 Å². The molecule has 0 fully saturated rings. The first-order valence-electron chi connectivity index (χ1n) is 8.22. The summed E-state index contributed by atoms with van der Waals surface area (Å²) in [7, 11) is 0. The van der Waals surface area contributed by atoms with Crippen molar-refractivity contribution in [3.63, 3.8) is 0 Å². The van der Waals surface area contributed by atoms with E-state index in [1.807, 2.05) is 6.20 Å². The van der Waals surface area contributed by atoms with Crippen LogP contribution in [0.4, 0.5) is 0 Å². The van der Waals surface area contributed by atoms with E-state index in [2.05, 4.69) is 23.2 Å². The molecule has 1 heterocycles. The van der Waals surface area contributed by atoms with Crippen LogP contribution >= 0.6 is 0 Å². The van der Waals surface area contributed by atoms with Gasteiger partial charge in [-0.15, -0.1) is 0 Å². The summed E-state index contributed by atoms with van der Waals surface area (Å²) in [5.41, 5.74) is 2.79. The summed E-state index contributed by atoms with van der Waals surface area (Å²) in [5.74, 6) is 0.726. The average molecular weight is 260 g/mol. The maximum atomic E-state index is 4.43. The van der Waals surface area contributed by atoms with Crippen molar-refractivity contribution in [2.75, 3.05) is 0 Å². The van der Waals surface area contributed by atoms with E-state index in [4.69, 9.17) is 0 Å². The molecule has 19 heavy (non-hydrogen) atoms.